The van der Waals surface area contributed by atoms with Crippen molar-refractivity contribution in [1.82, 2.24) is 4.31 Å². The molecule has 0 amide bonds. The van der Waals surface area contributed by atoms with Crippen LogP contribution in [0.25, 0.3) is 10.8 Å². The lowest BCUT2D eigenvalue weighted by molar-refractivity contribution is 0.428. The zero-order chi connectivity index (χ0) is 14.2. The predicted octanol–water partition coefficient (Wildman–Crippen LogP) is 3.18. The van der Waals surface area contributed by atoms with Gasteiger partial charge in [0.1, 0.15) is 0 Å². The van der Waals surface area contributed by atoms with Crippen molar-refractivity contribution in [2.24, 2.45) is 0 Å². The summed E-state index contributed by atoms with van der Waals surface area (Å²) >= 11 is 0. The van der Waals surface area contributed by atoms with Crippen molar-refractivity contribution >= 4 is 20.8 Å². The minimum atomic E-state index is -3.43. The van der Waals surface area contributed by atoms with E-state index in [1.807, 2.05) is 43.3 Å². The summed E-state index contributed by atoms with van der Waals surface area (Å²) in [5, 5.41) is 1.75. The Balaban J connectivity index is 2.12. The number of nitrogens with zero attached hydrogens (tertiary/aromatic N) is 1. The number of sulfonamides is 1. The van der Waals surface area contributed by atoms with Crippen molar-refractivity contribution in [1.29, 1.82) is 0 Å². The van der Waals surface area contributed by atoms with Crippen molar-refractivity contribution in [3.8, 4) is 0 Å². The number of hydrogen-bond donors (Lipinski definition) is 0. The highest BCUT2D eigenvalue weighted by molar-refractivity contribution is 7.89. The van der Waals surface area contributed by atoms with Crippen LogP contribution in [0.4, 0.5) is 0 Å². The van der Waals surface area contributed by atoms with E-state index >= 15 is 0 Å². The average molecular weight is 287 g/mol. The smallest absolute Gasteiger partial charge is 0.207 e. The molecule has 1 aliphatic heterocycles. The molecule has 0 unspecified atom stereocenters. The lowest BCUT2D eigenvalue weighted by Crippen LogP contribution is -2.35. The summed E-state index contributed by atoms with van der Waals surface area (Å²) in [5.41, 5.74) is 1.11. The highest BCUT2D eigenvalue weighted by Crippen LogP contribution is 2.27. The Bertz CT molecular complexity index is 773. The molecule has 0 radical (unpaired) electrons. The predicted molar refractivity (Wildman–Crippen MR) is 81.1 cm³/mol. The lowest BCUT2D eigenvalue weighted by atomic mass is 10.1. The van der Waals surface area contributed by atoms with Gasteiger partial charge in [0.05, 0.1) is 4.90 Å². The largest absolute Gasteiger partial charge is 0.243 e. The van der Waals surface area contributed by atoms with Crippen LogP contribution in [0, 0.1) is 0 Å². The molecule has 2 aromatic carbocycles. The van der Waals surface area contributed by atoms with Gasteiger partial charge in [0.2, 0.25) is 10.0 Å². The van der Waals surface area contributed by atoms with E-state index in [2.05, 4.69) is 6.08 Å². The summed E-state index contributed by atoms with van der Waals surface area (Å²) in [6.07, 6.45) is 2.89. The van der Waals surface area contributed by atoms with Gasteiger partial charge < -0.3 is 0 Å². The number of fused-ring (bicyclic) bond motifs is 1. The first-order chi connectivity index (χ1) is 9.59. The van der Waals surface area contributed by atoms with Crippen LogP contribution in [-0.4, -0.2) is 25.8 Å². The van der Waals surface area contributed by atoms with Gasteiger partial charge in [-0.25, -0.2) is 8.42 Å². The minimum Gasteiger partial charge on any atom is -0.207 e. The summed E-state index contributed by atoms with van der Waals surface area (Å²) in [4.78, 5) is 0.408. The van der Waals surface area contributed by atoms with Crippen LogP contribution in [0.1, 0.15) is 13.3 Å². The van der Waals surface area contributed by atoms with Crippen molar-refractivity contribution < 1.29 is 8.42 Å². The Labute approximate surface area is 119 Å². The first kappa shape index (κ1) is 13.3. The van der Waals surface area contributed by atoms with E-state index < -0.39 is 10.0 Å². The molecule has 1 aliphatic rings. The number of rotatable bonds is 2. The summed E-state index contributed by atoms with van der Waals surface area (Å²) in [5.74, 6) is 0. The normalized spacial score (nSPS) is 17.1. The van der Waals surface area contributed by atoms with E-state index in [9.17, 15) is 8.42 Å². The van der Waals surface area contributed by atoms with Gasteiger partial charge in [-0.15, -0.1) is 0 Å². The molecule has 3 nitrogen and oxygen atoms in total. The van der Waals surface area contributed by atoms with E-state index in [0.29, 0.717) is 18.0 Å². The fourth-order valence-electron chi connectivity index (χ4n) is 2.64. The third kappa shape index (κ3) is 2.25. The Morgan fingerprint density at radius 3 is 2.60 bits per heavy atom. The van der Waals surface area contributed by atoms with Gasteiger partial charge in [-0.05, 0) is 24.8 Å². The average Bonchev–Trinajstić information content (AvgIpc) is 2.46. The standard InChI is InChI=1S/C16H17NO2S/c1-13-6-5-11-17(12-13)20(18,19)16-10-4-8-14-7-2-3-9-15(14)16/h2-4,6-10H,5,11-12H2,1H3. The van der Waals surface area contributed by atoms with Gasteiger partial charge in [-0.1, -0.05) is 48.0 Å². The van der Waals surface area contributed by atoms with E-state index in [-0.39, 0.29) is 0 Å². The fraction of sp³-hybridized carbons (Fsp3) is 0.250. The summed E-state index contributed by atoms with van der Waals surface area (Å²) in [6.45, 7) is 3.03. The van der Waals surface area contributed by atoms with Gasteiger partial charge in [0.15, 0.2) is 0 Å². The highest BCUT2D eigenvalue weighted by atomic mass is 32.2. The third-order valence-corrected chi connectivity index (χ3v) is 5.57. The second kappa shape index (κ2) is 5.04. The molecular formula is C16H17NO2S. The maximum absolute atomic E-state index is 12.8. The molecule has 0 saturated heterocycles. The molecule has 0 bridgehead atoms. The van der Waals surface area contributed by atoms with Gasteiger partial charge in [-0.3, -0.25) is 0 Å². The Hall–Kier alpha value is -1.65. The lowest BCUT2D eigenvalue weighted by Gasteiger charge is -2.26. The first-order valence-electron chi connectivity index (χ1n) is 6.72. The van der Waals surface area contributed by atoms with E-state index in [1.54, 1.807) is 10.4 Å². The maximum Gasteiger partial charge on any atom is 0.243 e. The zero-order valence-corrected chi connectivity index (χ0v) is 12.2. The van der Waals surface area contributed by atoms with Crippen LogP contribution in [0.15, 0.2) is 59.0 Å². The molecule has 0 aromatic heterocycles. The molecular weight excluding hydrogens is 270 g/mol. The highest BCUT2D eigenvalue weighted by Gasteiger charge is 2.27. The molecule has 104 valence electrons. The number of benzene rings is 2. The second-order valence-corrected chi connectivity index (χ2v) is 7.06. The van der Waals surface area contributed by atoms with E-state index in [0.717, 1.165) is 22.8 Å². The fourth-order valence-corrected chi connectivity index (χ4v) is 4.35. The quantitative estimate of drug-likeness (QED) is 0.796. The molecule has 0 atom stereocenters. The molecule has 1 heterocycles. The summed E-state index contributed by atoms with van der Waals surface area (Å²) < 4.78 is 27.3. The SMILES string of the molecule is CC1=CCCN(S(=O)(=O)c2cccc3ccccc23)C1. The molecule has 0 fully saturated rings. The Kier molecular flexibility index (Phi) is 3.36. The molecule has 20 heavy (non-hydrogen) atoms. The second-order valence-electron chi connectivity index (χ2n) is 5.16. The molecule has 0 N–H and O–H groups in total. The van der Waals surface area contributed by atoms with Crippen molar-refractivity contribution in [2.45, 2.75) is 18.2 Å². The minimum absolute atomic E-state index is 0.408. The van der Waals surface area contributed by atoms with Crippen molar-refractivity contribution in [3.05, 3.63) is 54.1 Å². The summed E-state index contributed by atoms with van der Waals surface area (Å²) in [7, 11) is -3.43. The Morgan fingerprint density at radius 1 is 1.05 bits per heavy atom. The van der Waals surface area contributed by atoms with E-state index in [4.69, 9.17) is 0 Å². The summed E-state index contributed by atoms with van der Waals surface area (Å²) in [6, 6.07) is 13.1. The van der Waals surface area contributed by atoms with Crippen molar-refractivity contribution in [3.63, 3.8) is 0 Å². The molecule has 2 aromatic rings. The molecule has 0 saturated carbocycles. The zero-order valence-electron chi connectivity index (χ0n) is 11.4. The van der Waals surface area contributed by atoms with Gasteiger partial charge >= 0.3 is 0 Å². The van der Waals surface area contributed by atoms with Gasteiger partial charge in [0.25, 0.3) is 0 Å². The molecule has 0 spiro atoms. The topological polar surface area (TPSA) is 37.4 Å². The number of hydrogen-bond acceptors (Lipinski definition) is 2. The monoisotopic (exact) mass is 287 g/mol. The maximum atomic E-state index is 12.8. The van der Waals surface area contributed by atoms with Gasteiger partial charge in [-0.2, -0.15) is 4.31 Å². The van der Waals surface area contributed by atoms with Crippen LogP contribution in [0.5, 0.6) is 0 Å². The van der Waals surface area contributed by atoms with Crippen LogP contribution >= 0.6 is 0 Å². The van der Waals surface area contributed by atoms with Crippen LogP contribution in [0.3, 0.4) is 0 Å². The molecule has 4 heteroatoms. The van der Waals surface area contributed by atoms with Crippen LogP contribution in [-0.2, 0) is 10.0 Å². The van der Waals surface area contributed by atoms with Crippen LogP contribution < -0.4 is 0 Å². The first-order valence-corrected chi connectivity index (χ1v) is 8.16. The Morgan fingerprint density at radius 2 is 1.80 bits per heavy atom. The molecule has 3 rings (SSSR count). The molecule has 0 aliphatic carbocycles. The van der Waals surface area contributed by atoms with Crippen molar-refractivity contribution in [2.75, 3.05) is 13.1 Å². The third-order valence-electron chi connectivity index (χ3n) is 3.66. The van der Waals surface area contributed by atoms with E-state index in [1.165, 1.54) is 0 Å². The van der Waals surface area contributed by atoms with Crippen LogP contribution in [0.2, 0.25) is 0 Å². The van der Waals surface area contributed by atoms with Gasteiger partial charge in [0, 0.05) is 18.5 Å².